The molecule has 0 fully saturated rings. The third kappa shape index (κ3) is 8.55. The van der Waals surface area contributed by atoms with Gasteiger partial charge in [0.2, 0.25) is 0 Å². The van der Waals surface area contributed by atoms with Gasteiger partial charge in [-0.25, -0.2) is 0 Å². The van der Waals surface area contributed by atoms with E-state index in [0.717, 1.165) is 12.8 Å². The van der Waals surface area contributed by atoms with Crippen molar-refractivity contribution in [1.82, 2.24) is 0 Å². The van der Waals surface area contributed by atoms with E-state index in [1.165, 1.54) is 7.11 Å². The highest BCUT2D eigenvalue weighted by atomic mass is 16.5. The van der Waals surface area contributed by atoms with Crippen molar-refractivity contribution in [2.75, 3.05) is 7.11 Å². The summed E-state index contributed by atoms with van der Waals surface area (Å²) < 4.78 is 4.43. The van der Waals surface area contributed by atoms with Crippen LogP contribution in [0.2, 0.25) is 0 Å². The molecule has 1 unspecified atom stereocenters. The number of rotatable bonds is 10. The highest BCUT2D eigenvalue weighted by molar-refractivity contribution is 5.78. The number of carboxylic acid groups (broad SMARTS) is 2. The van der Waals surface area contributed by atoms with Crippen LogP contribution in [0.25, 0.3) is 0 Å². The molecule has 0 aromatic heterocycles. The van der Waals surface area contributed by atoms with Crippen LogP contribution in [0.4, 0.5) is 0 Å². The highest BCUT2D eigenvalue weighted by Gasteiger charge is 2.20. The Morgan fingerprint density at radius 2 is 1.67 bits per heavy atom. The van der Waals surface area contributed by atoms with Crippen molar-refractivity contribution >= 4 is 17.9 Å². The lowest BCUT2D eigenvalue weighted by Gasteiger charge is -2.10. The lowest BCUT2D eigenvalue weighted by molar-refractivity contribution is -0.150. The van der Waals surface area contributed by atoms with Crippen LogP contribution < -0.4 is 0 Å². The normalized spacial score (nSPS) is 11.8. The number of hydrogen-bond acceptors (Lipinski definition) is 4. The number of methoxy groups -OCH3 is 1. The molecule has 0 aliphatic rings. The minimum absolute atomic E-state index is 0.110. The fourth-order valence-electron chi connectivity index (χ4n) is 1.62. The summed E-state index contributed by atoms with van der Waals surface area (Å²) in [5.41, 5.74) is 0. The zero-order valence-electron chi connectivity index (χ0n) is 10.6. The molecule has 18 heavy (non-hydrogen) atoms. The van der Waals surface area contributed by atoms with E-state index in [4.69, 9.17) is 10.2 Å². The van der Waals surface area contributed by atoms with Gasteiger partial charge in [0.15, 0.2) is 0 Å². The number of carboxylic acids is 2. The molecule has 0 spiro atoms. The predicted molar refractivity (Wildman–Crippen MR) is 63.1 cm³/mol. The minimum atomic E-state index is -0.995. The van der Waals surface area contributed by atoms with Crippen molar-refractivity contribution in [3.8, 4) is 0 Å². The van der Waals surface area contributed by atoms with Crippen molar-refractivity contribution in [1.29, 1.82) is 0 Å². The van der Waals surface area contributed by atoms with Gasteiger partial charge in [0.1, 0.15) is 0 Å². The van der Waals surface area contributed by atoms with Crippen molar-refractivity contribution in [3.05, 3.63) is 0 Å². The Kier molecular flexibility index (Phi) is 8.61. The number of carbonyl (C=O) groups is 3. The fourth-order valence-corrected chi connectivity index (χ4v) is 1.62. The molecule has 0 aromatic carbocycles. The number of aliphatic carboxylic acids is 2. The summed E-state index contributed by atoms with van der Waals surface area (Å²) in [4.78, 5) is 32.1. The molecule has 2 N–H and O–H groups in total. The van der Waals surface area contributed by atoms with Gasteiger partial charge < -0.3 is 14.9 Å². The van der Waals surface area contributed by atoms with E-state index in [-0.39, 0.29) is 12.8 Å². The molecule has 104 valence electrons. The molecular weight excluding hydrogens is 240 g/mol. The molecule has 0 aliphatic heterocycles. The standard InChI is InChI=1S/C12H20O6/c1-18-11(15)8-9(12(16)17)6-4-2-3-5-7-10(13)14/h9H,2-8H2,1H3,(H,13,14)(H,16,17). The average molecular weight is 260 g/mol. The maximum absolute atomic E-state index is 11.0. The molecule has 0 rings (SSSR count). The summed E-state index contributed by atoms with van der Waals surface area (Å²) in [5.74, 6) is -3.04. The van der Waals surface area contributed by atoms with Gasteiger partial charge in [0, 0.05) is 6.42 Å². The van der Waals surface area contributed by atoms with Crippen LogP contribution >= 0.6 is 0 Å². The van der Waals surface area contributed by atoms with Crippen LogP contribution in [0, 0.1) is 5.92 Å². The van der Waals surface area contributed by atoms with Crippen LogP contribution in [0.3, 0.4) is 0 Å². The van der Waals surface area contributed by atoms with Crippen molar-refractivity contribution in [2.45, 2.75) is 44.9 Å². The summed E-state index contributed by atoms with van der Waals surface area (Å²) in [6, 6.07) is 0. The third-order valence-corrected chi connectivity index (χ3v) is 2.68. The van der Waals surface area contributed by atoms with Gasteiger partial charge in [0.05, 0.1) is 19.4 Å². The second-order valence-electron chi connectivity index (χ2n) is 4.16. The zero-order chi connectivity index (χ0) is 14.0. The Morgan fingerprint density at radius 1 is 1.06 bits per heavy atom. The molecular formula is C12H20O6. The van der Waals surface area contributed by atoms with Gasteiger partial charge in [-0.15, -0.1) is 0 Å². The highest BCUT2D eigenvalue weighted by Crippen LogP contribution is 2.16. The Morgan fingerprint density at radius 3 is 2.17 bits per heavy atom. The van der Waals surface area contributed by atoms with Gasteiger partial charge in [-0.1, -0.05) is 19.3 Å². The molecule has 0 aromatic rings. The monoisotopic (exact) mass is 260 g/mol. The topological polar surface area (TPSA) is 101 Å². The first-order chi connectivity index (χ1) is 8.47. The summed E-state index contributed by atoms with van der Waals surface area (Å²) in [6.45, 7) is 0. The smallest absolute Gasteiger partial charge is 0.307 e. The van der Waals surface area contributed by atoms with Crippen LogP contribution in [0.1, 0.15) is 44.9 Å². The van der Waals surface area contributed by atoms with Crippen molar-refractivity contribution in [2.24, 2.45) is 5.92 Å². The number of unbranched alkanes of at least 4 members (excludes halogenated alkanes) is 3. The first kappa shape index (κ1) is 16.4. The number of carbonyl (C=O) groups excluding carboxylic acids is 1. The molecule has 0 heterocycles. The largest absolute Gasteiger partial charge is 0.481 e. The Hall–Kier alpha value is -1.59. The summed E-state index contributed by atoms with van der Waals surface area (Å²) in [7, 11) is 1.23. The maximum atomic E-state index is 11.0. The maximum Gasteiger partial charge on any atom is 0.307 e. The van der Waals surface area contributed by atoms with Gasteiger partial charge in [-0.05, 0) is 12.8 Å². The second kappa shape index (κ2) is 9.44. The molecule has 0 bridgehead atoms. The van der Waals surface area contributed by atoms with Gasteiger partial charge in [-0.2, -0.15) is 0 Å². The Bertz CT molecular complexity index is 286. The molecule has 0 saturated carbocycles. The average Bonchev–Trinajstić information content (AvgIpc) is 2.30. The Labute approximate surface area is 106 Å². The van der Waals surface area contributed by atoms with E-state index >= 15 is 0 Å². The molecule has 0 amide bonds. The third-order valence-electron chi connectivity index (χ3n) is 2.68. The summed E-state index contributed by atoms with van der Waals surface area (Å²) in [6.07, 6.45) is 3.26. The van der Waals surface area contributed by atoms with Crippen molar-refractivity contribution in [3.63, 3.8) is 0 Å². The molecule has 0 saturated heterocycles. The molecule has 0 aliphatic carbocycles. The van der Waals surface area contributed by atoms with E-state index in [9.17, 15) is 14.4 Å². The van der Waals surface area contributed by atoms with E-state index in [1.807, 2.05) is 0 Å². The number of esters is 1. The first-order valence-corrected chi connectivity index (χ1v) is 5.98. The second-order valence-corrected chi connectivity index (χ2v) is 4.16. The van der Waals surface area contributed by atoms with Crippen LogP contribution in [0.15, 0.2) is 0 Å². The lowest BCUT2D eigenvalue weighted by atomic mass is 9.97. The molecule has 1 atom stereocenters. The van der Waals surface area contributed by atoms with E-state index < -0.39 is 23.8 Å². The first-order valence-electron chi connectivity index (χ1n) is 5.98. The van der Waals surface area contributed by atoms with Crippen LogP contribution in [-0.4, -0.2) is 35.2 Å². The predicted octanol–water partition coefficient (Wildman–Crippen LogP) is 1.68. The SMILES string of the molecule is COC(=O)CC(CCCCCCC(=O)O)C(=O)O. The summed E-state index contributed by atoms with van der Waals surface area (Å²) >= 11 is 0. The summed E-state index contributed by atoms with van der Waals surface area (Å²) in [5, 5.41) is 17.3. The quantitative estimate of drug-likeness (QED) is 0.457. The minimum Gasteiger partial charge on any atom is -0.481 e. The molecule has 0 radical (unpaired) electrons. The number of ether oxygens (including phenoxy) is 1. The molecule has 6 nitrogen and oxygen atoms in total. The van der Waals surface area contributed by atoms with Crippen molar-refractivity contribution < 1.29 is 29.3 Å². The van der Waals surface area contributed by atoms with Crippen LogP contribution in [0.5, 0.6) is 0 Å². The van der Waals surface area contributed by atoms with Gasteiger partial charge >= 0.3 is 17.9 Å². The van der Waals surface area contributed by atoms with E-state index in [0.29, 0.717) is 19.3 Å². The zero-order valence-corrected chi connectivity index (χ0v) is 10.6. The molecule has 6 heteroatoms. The number of hydrogen-bond donors (Lipinski definition) is 2. The van der Waals surface area contributed by atoms with E-state index in [2.05, 4.69) is 4.74 Å². The fraction of sp³-hybridized carbons (Fsp3) is 0.750. The van der Waals surface area contributed by atoms with Crippen LogP contribution in [-0.2, 0) is 19.1 Å². The van der Waals surface area contributed by atoms with E-state index in [1.54, 1.807) is 0 Å². The lowest BCUT2D eigenvalue weighted by Crippen LogP contribution is -2.18. The Balaban J connectivity index is 3.74. The van der Waals surface area contributed by atoms with Gasteiger partial charge in [-0.3, -0.25) is 14.4 Å². The van der Waals surface area contributed by atoms with Gasteiger partial charge in [0.25, 0.3) is 0 Å².